The fraction of sp³-hybridized carbons (Fsp3) is 0.368. The van der Waals surface area contributed by atoms with E-state index in [-0.39, 0.29) is 24.0 Å². The smallest absolute Gasteiger partial charge is 0.322 e. The third-order valence-electron chi connectivity index (χ3n) is 5.29. The molecule has 2 aliphatic rings. The van der Waals surface area contributed by atoms with E-state index in [1.54, 1.807) is 6.07 Å². The molecule has 136 valence electrons. The van der Waals surface area contributed by atoms with E-state index in [4.69, 9.17) is 11.6 Å². The second-order valence-electron chi connectivity index (χ2n) is 6.98. The van der Waals surface area contributed by atoms with Gasteiger partial charge >= 0.3 is 6.03 Å². The van der Waals surface area contributed by atoms with E-state index in [0.29, 0.717) is 17.5 Å². The van der Waals surface area contributed by atoms with Crippen LogP contribution in [0.3, 0.4) is 0 Å². The molecule has 1 saturated carbocycles. The highest BCUT2D eigenvalue weighted by molar-refractivity contribution is 7.12. The number of carbonyl (C=O) groups is 2. The Balaban J connectivity index is 1.36. The van der Waals surface area contributed by atoms with Crippen molar-refractivity contribution in [3.63, 3.8) is 0 Å². The first-order valence-electron chi connectivity index (χ1n) is 8.69. The van der Waals surface area contributed by atoms with Crippen molar-refractivity contribution in [2.75, 3.05) is 11.9 Å². The number of hydrogen-bond donors (Lipinski definition) is 2. The first kappa shape index (κ1) is 17.4. The summed E-state index contributed by atoms with van der Waals surface area (Å²) in [6.07, 6.45) is 1.76. The largest absolute Gasteiger partial charge is 0.348 e. The highest BCUT2D eigenvalue weighted by Gasteiger charge is 2.47. The van der Waals surface area contributed by atoms with Gasteiger partial charge in [-0.1, -0.05) is 17.7 Å². The van der Waals surface area contributed by atoms with Crippen LogP contribution in [0.2, 0.25) is 5.02 Å². The molecule has 1 aliphatic heterocycles. The van der Waals surface area contributed by atoms with Crippen LogP contribution in [-0.4, -0.2) is 35.5 Å². The quantitative estimate of drug-likeness (QED) is 0.828. The van der Waals surface area contributed by atoms with Crippen LogP contribution in [0, 0.1) is 12.8 Å². The Labute approximate surface area is 161 Å². The lowest BCUT2D eigenvalue weighted by molar-refractivity contribution is 0.0919. The van der Waals surface area contributed by atoms with E-state index in [0.717, 1.165) is 29.0 Å². The summed E-state index contributed by atoms with van der Waals surface area (Å²) in [5.41, 5.74) is 1.72. The Morgan fingerprint density at radius 2 is 2.12 bits per heavy atom. The summed E-state index contributed by atoms with van der Waals surface area (Å²) in [7, 11) is 0. The number of piperidine rings is 1. The van der Waals surface area contributed by atoms with Crippen molar-refractivity contribution in [3.05, 3.63) is 51.2 Å². The molecule has 2 fully saturated rings. The van der Waals surface area contributed by atoms with Crippen molar-refractivity contribution in [1.29, 1.82) is 0 Å². The van der Waals surface area contributed by atoms with Gasteiger partial charge in [-0.3, -0.25) is 4.79 Å². The fourth-order valence-electron chi connectivity index (χ4n) is 3.98. The van der Waals surface area contributed by atoms with Gasteiger partial charge in [-0.05, 0) is 60.9 Å². The highest BCUT2D eigenvalue weighted by atomic mass is 35.5. The number of hydrogen-bond acceptors (Lipinski definition) is 3. The van der Waals surface area contributed by atoms with Crippen LogP contribution in [0.5, 0.6) is 0 Å². The molecule has 26 heavy (non-hydrogen) atoms. The summed E-state index contributed by atoms with van der Waals surface area (Å²) in [5, 5.41) is 8.68. The van der Waals surface area contributed by atoms with E-state index in [1.165, 1.54) is 11.3 Å². The number of thiophene rings is 1. The van der Waals surface area contributed by atoms with Crippen LogP contribution in [0.15, 0.2) is 35.7 Å². The Morgan fingerprint density at radius 1 is 1.27 bits per heavy atom. The molecule has 1 aliphatic carbocycles. The van der Waals surface area contributed by atoms with Gasteiger partial charge in [0.2, 0.25) is 0 Å². The maximum Gasteiger partial charge on any atom is 0.322 e. The van der Waals surface area contributed by atoms with E-state index in [2.05, 4.69) is 10.6 Å². The standard InChI is InChI=1S/C19H20ClN3O2S/c1-11-7-13(20)4-5-15(11)22-19(25)23-10-12-8-14(23)9-16(12)21-18(24)17-3-2-6-26-17/h2-7,12,14,16H,8-10H2,1H3,(H,21,24)(H,22,25)/t12-,14-,16-/m0/s1. The average Bonchev–Trinajstić information content (AvgIpc) is 3.33. The topological polar surface area (TPSA) is 61.4 Å². The van der Waals surface area contributed by atoms with Crippen LogP contribution in [-0.2, 0) is 0 Å². The highest BCUT2D eigenvalue weighted by Crippen LogP contribution is 2.38. The number of urea groups is 1. The molecule has 3 atom stereocenters. The zero-order valence-electron chi connectivity index (χ0n) is 14.4. The van der Waals surface area contributed by atoms with E-state index in [1.807, 2.05) is 41.5 Å². The fourth-order valence-corrected chi connectivity index (χ4v) is 4.83. The maximum absolute atomic E-state index is 12.7. The Kier molecular flexibility index (Phi) is 4.63. The van der Waals surface area contributed by atoms with Crippen molar-refractivity contribution in [2.24, 2.45) is 5.92 Å². The number of amides is 3. The number of carbonyl (C=O) groups excluding carboxylic acids is 2. The number of halogens is 1. The Bertz CT molecular complexity index is 839. The van der Waals surface area contributed by atoms with Gasteiger partial charge in [-0.15, -0.1) is 11.3 Å². The molecule has 3 amide bonds. The first-order chi connectivity index (χ1) is 12.5. The van der Waals surface area contributed by atoms with Crippen molar-refractivity contribution < 1.29 is 9.59 Å². The van der Waals surface area contributed by atoms with Gasteiger partial charge < -0.3 is 15.5 Å². The molecule has 5 nitrogen and oxygen atoms in total. The zero-order chi connectivity index (χ0) is 18.3. The number of likely N-dealkylation sites (tertiary alicyclic amines) is 1. The van der Waals surface area contributed by atoms with Crippen LogP contribution in [0.25, 0.3) is 0 Å². The van der Waals surface area contributed by atoms with Crippen molar-refractivity contribution in [3.8, 4) is 0 Å². The minimum absolute atomic E-state index is 0.00894. The molecule has 2 bridgehead atoms. The van der Waals surface area contributed by atoms with Gasteiger partial charge in [0.15, 0.2) is 0 Å². The zero-order valence-corrected chi connectivity index (χ0v) is 15.9. The van der Waals surface area contributed by atoms with Gasteiger partial charge in [-0.2, -0.15) is 0 Å². The summed E-state index contributed by atoms with van der Waals surface area (Å²) >= 11 is 7.42. The molecule has 1 aromatic heterocycles. The van der Waals surface area contributed by atoms with Crippen LogP contribution < -0.4 is 10.6 Å². The van der Waals surface area contributed by atoms with Crippen LogP contribution >= 0.6 is 22.9 Å². The Hall–Kier alpha value is -2.05. The summed E-state index contributed by atoms with van der Waals surface area (Å²) in [4.78, 5) is 27.5. The lowest BCUT2D eigenvalue weighted by Gasteiger charge is -2.32. The lowest BCUT2D eigenvalue weighted by atomic mass is 10.0. The molecule has 0 radical (unpaired) electrons. The first-order valence-corrected chi connectivity index (χ1v) is 9.95. The SMILES string of the molecule is Cc1cc(Cl)ccc1NC(=O)N1C[C@@H]2C[C@H]1C[C@@H]2NC(=O)c1cccs1. The molecule has 1 saturated heterocycles. The average molecular weight is 390 g/mol. The van der Waals surface area contributed by atoms with Crippen LogP contribution in [0.1, 0.15) is 28.1 Å². The number of benzene rings is 1. The van der Waals surface area contributed by atoms with Crippen molar-refractivity contribution in [2.45, 2.75) is 31.8 Å². The second-order valence-corrected chi connectivity index (χ2v) is 8.37. The van der Waals surface area contributed by atoms with E-state index < -0.39 is 0 Å². The summed E-state index contributed by atoms with van der Waals surface area (Å²) in [5.74, 6) is 0.311. The third-order valence-corrected chi connectivity index (χ3v) is 6.40. The predicted octanol–water partition coefficient (Wildman–Crippen LogP) is 4.13. The number of anilines is 1. The molecule has 2 N–H and O–H groups in total. The van der Waals surface area contributed by atoms with Crippen LogP contribution in [0.4, 0.5) is 10.5 Å². The van der Waals surface area contributed by atoms with Gasteiger partial charge in [0, 0.05) is 29.3 Å². The molecular weight excluding hydrogens is 370 g/mol. The monoisotopic (exact) mass is 389 g/mol. The minimum atomic E-state index is -0.0778. The Morgan fingerprint density at radius 3 is 2.77 bits per heavy atom. The summed E-state index contributed by atoms with van der Waals surface area (Å²) in [6.45, 7) is 2.60. The normalized spacial score (nSPS) is 23.9. The molecular formula is C19H20ClN3O2S. The van der Waals surface area contributed by atoms with Gasteiger partial charge in [0.25, 0.3) is 5.91 Å². The number of nitrogens with one attached hydrogen (secondary N) is 2. The summed E-state index contributed by atoms with van der Waals surface area (Å²) < 4.78 is 0. The lowest BCUT2D eigenvalue weighted by Crippen LogP contribution is -2.48. The molecule has 4 rings (SSSR count). The number of fused-ring (bicyclic) bond motifs is 2. The predicted molar refractivity (Wildman–Crippen MR) is 104 cm³/mol. The maximum atomic E-state index is 12.7. The van der Waals surface area contributed by atoms with Gasteiger partial charge in [0.1, 0.15) is 0 Å². The van der Waals surface area contributed by atoms with Crippen molar-refractivity contribution in [1.82, 2.24) is 10.2 Å². The molecule has 0 unspecified atom stereocenters. The number of aryl methyl sites for hydroxylation is 1. The molecule has 7 heteroatoms. The minimum Gasteiger partial charge on any atom is -0.348 e. The van der Waals surface area contributed by atoms with Gasteiger partial charge in [0.05, 0.1) is 4.88 Å². The summed E-state index contributed by atoms with van der Waals surface area (Å²) in [6, 6.07) is 9.41. The van der Waals surface area contributed by atoms with Gasteiger partial charge in [-0.25, -0.2) is 4.79 Å². The second kappa shape index (κ2) is 6.93. The van der Waals surface area contributed by atoms with E-state index >= 15 is 0 Å². The molecule has 2 heterocycles. The molecule has 2 aromatic rings. The number of rotatable bonds is 3. The third kappa shape index (κ3) is 3.31. The number of nitrogens with zero attached hydrogens (tertiary/aromatic N) is 1. The molecule has 0 spiro atoms. The molecule has 1 aromatic carbocycles. The van der Waals surface area contributed by atoms with E-state index in [9.17, 15) is 9.59 Å². The van der Waals surface area contributed by atoms with Crippen molar-refractivity contribution >= 4 is 40.6 Å².